The van der Waals surface area contributed by atoms with Crippen molar-refractivity contribution < 1.29 is 0 Å². The van der Waals surface area contributed by atoms with Crippen molar-refractivity contribution in [3.8, 4) is 0 Å². The summed E-state index contributed by atoms with van der Waals surface area (Å²) in [5, 5.41) is 8.10. The smallest absolute Gasteiger partial charge is 0.0252 e. The van der Waals surface area contributed by atoms with Crippen LogP contribution in [0.5, 0.6) is 0 Å². The Hall–Kier alpha value is -0.0800. The van der Waals surface area contributed by atoms with Gasteiger partial charge in [-0.1, -0.05) is 66.2 Å². The first-order valence-electron chi connectivity index (χ1n) is 11.0. The second kappa shape index (κ2) is 10.8. The Morgan fingerprint density at radius 2 is 0.917 bits per heavy atom. The van der Waals surface area contributed by atoms with Gasteiger partial charge in [0.15, 0.2) is 0 Å². The fourth-order valence-corrected chi connectivity index (χ4v) is 4.90. The van der Waals surface area contributed by atoms with E-state index in [0.29, 0.717) is 12.1 Å². The molecule has 2 atom stereocenters. The molecule has 0 aromatic carbocycles. The van der Waals surface area contributed by atoms with Crippen LogP contribution in [0.25, 0.3) is 0 Å². The standard InChI is InChI=1S/C22H44N2/c1-17(2)15-23-21(19-11-7-5-8-12-19)22(24-16-18(3)4)20-13-9-6-10-14-20/h17-24H,5-16H2,1-4H3. The van der Waals surface area contributed by atoms with E-state index in [1.54, 1.807) is 0 Å². The van der Waals surface area contributed by atoms with E-state index in [9.17, 15) is 0 Å². The predicted octanol–water partition coefficient (Wildman–Crippen LogP) is 5.38. The molecule has 142 valence electrons. The van der Waals surface area contributed by atoms with E-state index in [0.717, 1.165) is 23.7 Å². The second-order valence-electron chi connectivity index (χ2n) is 9.45. The van der Waals surface area contributed by atoms with Crippen LogP contribution in [0.4, 0.5) is 0 Å². The van der Waals surface area contributed by atoms with E-state index in [1.165, 1.54) is 77.3 Å². The van der Waals surface area contributed by atoms with Crippen molar-refractivity contribution in [1.29, 1.82) is 0 Å². The Morgan fingerprint density at radius 3 is 1.21 bits per heavy atom. The minimum Gasteiger partial charge on any atom is -0.312 e. The van der Waals surface area contributed by atoms with Gasteiger partial charge in [0, 0.05) is 12.1 Å². The van der Waals surface area contributed by atoms with E-state index in [2.05, 4.69) is 38.3 Å². The lowest BCUT2D eigenvalue weighted by molar-refractivity contribution is 0.152. The first kappa shape index (κ1) is 20.2. The third-order valence-electron chi connectivity index (χ3n) is 6.23. The van der Waals surface area contributed by atoms with Crippen molar-refractivity contribution in [2.45, 2.75) is 104 Å². The zero-order valence-corrected chi connectivity index (χ0v) is 16.9. The molecule has 2 unspecified atom stereocenters. The Kier molecular flexibility index (Phi) is 9.11. The van der Waals surface area contributed by atoms with Crippen LogP contribution in [-0.2, 0) is 0 Å². The topological polar surface area (TPSA) is 24.1 Å². The normalized spacial score (nSPS) is 23.8. The van der Waals surface area contributed by atoms with E-state index in [1.807, 2.05) is 0 Å². The van der Waals surface area contributed by atoms with Gasteiger partial charge < -0.3 is 10.6 Å². The average Bonchev–Trinajstić information content (AvgIpc) is 2.59. The van der Waals surface area contributed by atoms with Gasteiger partial charge in [-0.3, -0.25) is 0 Å². The number of hydrogen-bond acceptors (Lipinski definition) is 2. The van der Waals surface area contributed by atoms with Crippen molar-refractivity contribution in [2.24, 2.45) is 23.7 Å². The molecule has 0 bridgehead atoms. The Balaban J connectivity index is 2.09. The van der Waals surface area contributed by atoms with Gasteiger partial charge in [0.1, 0.15) is 0 Å². The monoisotopic (exact) mass is 336 g/mol. The molecule has 0 aliphatic heterocycles. The Labute approximate surface area is 151 Å². The third kappa shape index (κ3) is 6.67. The zero-order chi connectivity index (χ0) is 17.4. The highest BCUT2D eigenvalue weighted by molar-refractivity contribution is 4.94. The summed E-state index contributed by atoms with van der Waals surface area (Å²) in [7, 11) is 0. The SMILES string of the molecule is CC(C)CNC(C1CCCCC1)C(NCC(C)C)C1CCCCC1. The van der Waals surface area contributed by atoms with Crippen LogP contribution in [0, 0.1) is 23.7 Å². The van der Waals surface area contributed by atoms with E-state index < -0.39 is 0 Å². The molecule has 2 N–H and O–H groups in total. The molecular formula is C22H44N2. The van der Waals surface area contributed by atoms with Gasteiger partial charge in [-0.2, -0.15) is 0 Å². The fraction of sp³-hybridized carbons (Fsp3) is 1.00. The summed E-state index contributed by atoms with van der Waals surface area (Å²) in [5.41, 5.74) is 0. The van der Waals surface area contributed by atoms with Crippen LogP contribution >= 0.6 is 0 Å². The molecule has 2 fully saturated rings. The molecule has 2 aliphatic carbocycles. The highest BCUT2D eigenvalue weighted by Gasteiger charge is 2.35. The molecule has 24 heavy (non-hydrogen) atoms. The van der Waals surface area contributed by atoms with Crippen LogP contribution in [-0.4, -0.2) is 25.2 Å². The van der Waals surface area contributed by atoms with E-state index in [4.69, 9.17) is 0 Å². The van der Waals surface area contributed by atoms with Gasteiger partial charge in [0.2, 0.25) is 0 Å². The Morgan fingerprint density at radius 1 is 0.583 bits per heavy atom. The molecule has 2 rings (SSSR count). The van der Waals surface area contributed by atoms with Crippen LogP contribution in [0.1, 0.15) is 91.9 Å². The van der Waals surface area contributed by atoms with Crippen LogP contribution in [0.3, 0.4) is 0 Å². The highest BCUT2D eigenvalue weighted by atomic mass is 15.0. The van der Waals surface area contributed by atoms with Gasteiger partial charge in [-0.25, -0.2) is 0 Å². The quantitative estimate of drug-likeness (QED) is 0.591. The van der Waals surface area contributed by atoms with Crippen molar-refractivity contribution in [3.05, 3.63) is 0 Å². The summed E-state index contributed by atoms with van der Waals surface area (Å²) >= 11 is 0. The average molecular weight is 337 g/mol. The van der Waals surface area contributed by atoms with Crippen LogP contribution < -0.4 is 10.6 Å². The summed E-state index contributed by atoms with van der Waals surface area (Å²) in [6.45, 7) is 11.7. The van der Waals surface area contributed by atoms with Crippen molar-refractivity contribution in [2.75, 3.05) is 13.1 Å². The molecule has 2 nitrogen and oxygen atoms in total. The predicted molar refractivity (Wildman–Crippen MR) is 106 cm³/mol. The lowest BCUT2D eigenvalue weighted by atomic mass is 9.73. The maximum absolute atomic E-state index is 4.05. The molecule has 0 spiro atoms. The third-order valence-corrected chi connectivity index (χ3v) is 6.23. The van der Waals surface area contributed by atoms with Crippen molar-refractivity contribution >= 4 is 0 Å². The summed E-state index contributed by atoms with van der Waals surface area (Å²) < 4.78 is 0. The molecule has 0 heterocycles. The van der Waals surface area contributed by atoms with E-state index in [-0.39, 0.29) is 0 Å². The summed E-state index contributed by atoms with van der Waals surface area (Å²) in [6.07, 6.45) is 14.5. The van der Waals surface area contributed by atoms with Gasteiger partial charge in [-0.05, 0) is 62.4 Å². The lowest BCUT2D eigenvalue weighted by Gasteiger charge is -2.42. The zero-order valence-electron chi connectivity index (χ0n) is 16.9. The molecule has 2 aliphatic rings. The second-order valence-corrected chi connectivity index (χ2v) is 9.45. The summed E-state index contributed by atoms with van der Waals surface area (Å²) in [5.74, 6) is 3.27. The minimum atomic E-state index is 0.689. The molecule has 0 radical (unpaired) electrons. The van der Waals surface area contributed by atoms with Gasteiger partial charge in [0.25, 0.3) is 0 Å². The Bertz CT molecular complexity index is 282. The van der Waals surface area contributed by atoms with Crippen LogP contribution in [0.15, 0.2) is 0 Å². The maximum atomic E-state index is 4.05. The molecule has 0 saturated heterocycles. The molecule has 2 heteroatoms. The van der Waals surface area contributed by atoms with Crippen molar-refractivity contribution in [1.82, 2.24) is 10.6 Å². The maximum Gasteiger partial charge on any atom is 0.0252 e. The van der Waals surface area contributed by atoms with E-state index >= 15 is 0 Å². The largest absolute Gasteiger partial charge is 0.312 e. The molecular weight excluding hydrogens is 292 g/mol. The van der Waals surface area contributed by atoms with Gasteiger partial charge >= 0.3 is 0 Å². The van der Waals surface area contributed by atoms with Gasteiger partial charge in [-0.15, -0.1) is 0 Å². The van der Waals surface area contributed by atoms with Gasteiger partial charge in [0.05, 0.1) is 0 Å². The first-order chi connectivity index (χ1) is 11.6. The molecule has 0 aromatic rings. The molecule has 2 saturated carbocycles. The first-order valence-corrected chi connectivity index (χ1v) is 11.0. The summed E-state index contributed by atoms with van der Waals surface area (Å²) in [4.78, 5) is 0. The number of hydrogen-bond donors (Lipinski definition) is 2. The fourth-order valence-electron chi connectivity index (χ4n) is 4.90. The summed E-state index contributed by atoms with van der Waals surface area (Å²) in [6, 6.07) is 1.38. The highest BCUT2D eigenvalue weighted by Crippen LogP contribution is 2.34. The van der Waals surface area contributed by atoms with Crippen LogP contribution in [0.2, 0.25) is 0 Å². The molecule has 0 amide bonds. The number of nitrogens with one attached hydrogen (secondary N) is 2. The lowest BCUT2D eigenvalue weighted by Crippen LogP contribution is -2.57. The minimum absolute atomic E-state index is 0.689. The molecule has 0 aromatic heterocycles. The number of rotatable bonds is 9. The van der Waals surface area contributed by atoms with Crippen molar-refractivity contribution in [3.63, 3.8) is 0 Å².